The van der Waals surface area contributed by atoms with Crippen LogP contribution in [0.25, 0.3) is 0 Å². The van der Waals surface area contributed by atoms with Crippen molar-refractivity contribution in [2.45, 2.75) is 20.8 Å². The lowest BCUT2D eigenvalue weighted by molar-refractivity contribution is 0.101. The topological polar surface area (TPSA) is 26.3 Å². The minimum atomic E-state index is 0.0538. The number of carbonyl (C=O) groups is 1. The van der Waals surface area contributed by atoms with Gasteiger partial charge in [0, 0.05) is 0 Å². The normalized spacial score (nSPS) is 9.85. The second kappa shape index (κ2) is 3.60. The number of methoxy groups -OCH3 is 1. The van der Waals surface area contributed by atoms with Crippen molar-refractivity contribution in [1.29, 1.82) is 0 Å². The molecule has 70 valence electrons. The fourth-order valence-corrected chi connectivity index (χ4v) is 1.49. The summed E-state index contributed by atoms with van der Waals surface area (Å²) in [4.78, 5) is 11.3. The molecule has 0 amide bonds. The molecule has 0 heterocycles. The average molecular weight is 178 g/mol. The molecule has 1 rings (SSSR count). The molecule has 0 aromatic heterocycles. The largest absolute Gasteiger partial charge is 0.496 e. The molecule has 0 atom stereocenters. The maximum Gasteiger partial charge on any atom is 0.163 e. The van der Waals surface area contributed by atoms with Crippen molar-refractivity contribution in [3.63, 3.8) is 0 Å². The van der Waals surface area contributed by atoms with E-state index in [9.17, 15) is 4.79 Å². The zero-order valence-corrected chi connectivity index (χ0v) is 8.47. The molecular formula is C11H14O2. The first-order chi connectivity index (χ1) is 6.07. The highest BCUT2D eigenvalue weighted by atomic mass is 16.5. The molecule has 0 spiro atoms. The van der Waals surface area contributed by atoms with E-state index in [4.69, 9.17) is 4.74 Å². The minimum Gasteiger partial charge on any atom is -0.496 e. The Kier molecular flexibility index (Phi) is 2.71. The monoisotopic (exact) mass is 178 g/mol. The van der Waals surface area contributed by atoms with E-state index in [0.29, 0.717) is 11.3 Å². The summed E-state index contributed by atoms with van der Waals surface area (Å²) in [6.07, 6.45) is 0. The smallest absolute Gasteiger partial charge is 0.163 e. The molecule has 0 unspecified atom stereocenters. The van der Waals surface area contributed by atoms with Crippen LogP contribution in [-0.4, -0.2) is 12.9 Å². The van der Waals surface area contributed by atoms with Crippen LogP contribution in [0.2, 0.25) is 0 Å². The highest BCUT2D eigenvalue weighted by Gasteiger charge is 2.12. The Hall–Kier alpha value is -1.31. The third-order valence-corrected chi connectivity index (χ3v) is 2.12. The molecule has 0 aliphatic heterocycles. The Bertz CT molecular complexity index is 340. The van der Waals surface area contributed by atoms with E-state index in [2.05, 4.69) is 0 Å². The van der Waals surface area contributed by atoms with Gasteiger partial charge in [0.15, 0.2) is 5.78 Å². The van der Waals surface area contributed by atoms with Gasteiger partial charge in [-0.25, -0.2) is 0 Å². The number of carbonyl (C=O) groups excluding carboxylic acids is 1. The first-order valence-electron chi connectivity index (χ1n) is 4.23. The molecular weight excluding hydrogens is 164 g/mol. The van der Waals surface area contributed by atoms with Gasteiger partial charge in [-0.15, -0.1) is 0 Å². The Labute approximate surface area is 78.5 Å². The van der Waals surface area contributed by atoms with Crippen molar-refractivity contribution in [2.75, 3.05) is 7.11 Å². The van der Waals surface area contributed by atoms with Crippen molar-refractivity contribution >= 4 is 5.78 Å². The van der Waals surface area contributed by atoms with Crippen LogP contribution in [0.15, 0.2) is 12.1 Å². The predicted octanol–water partition coefficient (Wildman–Crippen LogP) is 2.51. The molecule has 2 heteroatoms. The van der Waals surface area contributed by atoms with Crippen molar-refractivity contribution in [3.8, 4) is 5.75 Å². The predicted molar refractivity (Wildman–Crippen MR) is 52.5 cm³/mol. The van der Waals surface area contributed by atoms with E-state index in [1.165, 1.54) is 0 Å². The molecule has 0 saturated heterocycles. The van der Waals surface area contributed by atoms with Gasteiger partial charge >= 0.3 is 0 Å². The van der Waals surface area contributed by atoms with Crippen molar-refractivity contribution in [3.05, 3.63) is 28.8 Å². The van der Waals surface area contributed by atoms with Gasteiger partial charge in [-0.3, -0.25) is 4.79 Å². The molecule has 0 fully saturated rings. The zero-order valence-electron chi connectivity index (χ0n) is 8.47. The summed E-state index contributed by atoms with van der Waals surface area (Å²) >= 11 is 0. The average Bonchev–Trinajstić information content (AvgIpc) is 2.07. The summed E-state index contributed by atoms with van der Waals surface area (Å²) in [5.74, 6) is 0.755. The minimum absolute atomic E-state index is 0.0538. The maximum absolute atomic E-state index is 11.3. The van der Waals surface area contributed by atoms with Crippen LogP contribution in [0.4, 0.5) is 0 Å². The van der Waals surface area contributed by atoms with E-state index >= 15 is 0 Å². The maximum atomic E-state index is 11.3. The number of hydrogen-bond donors (Lipinski definition) is 0. The number of ether oxygens (including phenoxy) is 1. The van der Waals surface area contributed by atoms with Crippen LogP contribution < -0.4 is 4.74 Å². The van der Waals surface area contributed by atoms with Gasteiger partial charge in [0.25, 0.3) is 0 Å². The molecule has 0 radical (unpaired) electrons. The highest BCUT2D eigenvalue weighted by Crippen LogP contribution is 2.26. The second-order valence-electron chi connectivity index (χ2n) is 3.16. The highest BCUT2D eigenvalue weighted by molar-refractivity contribution is 5.98. The van der Waals surface area contributed by atoms with Gasteiger partial charge in [0.2, 0.25) is 0 Å². The molecule has 0 aliphatic rings. The van der Waals surface area contributed by atoms with Gasteiger partial charge in [-0.2, -0.15) is 0 Å². The van der Waals surface area contributed by atoms with Crippen molar-refractivity contribution < 1.29 is 9.53 Å². The number of rotatable bonds is 2. The molecule has 0 bridgehead atoms. The van der Waals surface area contributed by atoms with Crippen LogP contribution in [0.3, 0.4) is 0 Å². The van der Waals surface area contributed by atoms with Crippen LogP contribution in [-0.2, 0) is 0 Å². The van der Waals surface area contributed by atoms with E-state index in [0.717, 1.165) is 11.1 Å². The Balaban J connectivity index is 3.43. The van der Waals surface area contributed by atoms with E-state index in [1.54, 1.807) is 14.0 Å². The second-order valence-corrected chi connectivity index (χ2v) is 3.16. The van der Waals surface area contributed by atoms with Crippen LogP contribution in [0.5, 0.6) is 5.75 Å². The molecule has 0 N–H and O–H groups in total. The van der Waals surface area contributed by atoms with Gasteiger partial charge in [0.05, 0.1) is 12.7 Å². The molecule has 0 aliphatic carbocycles. The number of aryl methyl sites for hydroxylation is 2. The fraction of sp³-hybridized carbons (Fsp3) is 0.364. The lowest BCUT2D eigenvalue weighted by Gasteiger charge is -2.11. The number of benzene rings is 1. The lowest BCUT2D eigenvalue weighted by atomic mass is 10.0. The first-order valence-corrected chi connectivity index (χ1v) is 4.23. The lowest BCUT2D eigenvalue weighted by Crippen LogP contribution is -2.02. The summed E-state index contributed by atoms with van der Waals surface area (Å²) in [7, 11) is 1.59. The first kappa shape index (κ1) is 9.78. The SMILES string of the molecule is COc1c(C)ccc(C)c1C(C)=O. The third-order valence-electron chi connectivity index (χ3n) is 2.12. The number of hydrogen-bond acceptors (Lipinski definition) is 2. The van der Waals surface area contributed by atoms with Gasteiger partial charge < -0.3 is 4.74 Å². The Morgan fingerprint density at radius 2 is 1.77 bits per heavy atom. The molecule has 2 nitrogen and oxygen atoms in total. The quantitative estimate of drug-likeness (QED) is 0.650. The van der Waals surface area contributed by atoms with Crippen molar-refractivity contribution in [1.82, 2.24) is 0 Å². The summed E-state index contributed by atoms with van der Waals surface area (Å²) in [5, 5.41) is 0. The number of ketones is 1. The van der Waals surface area contributed by atoms with Gasteiger partial charge in [-0.1, -0.05) is 12.1 Å². The summed E-state index contributed by atoms with van der Waals surface area (Å²) in [6.45, 7) is 5.41. The van der Waals surface area contributed by atoms with Gasteiger partial charge in [0.1, 0.15) is 5.75 Å². The standard InChI is InChI=1S/C11H14O2/c1-7-5-6-8(2)11(13-4)10(7)9(3)12/h5-6H,1-4H3. The fourth-order valence-electron chi connectivity index (χ4n) is 1.49. The van der Waals surface area contributed by atoms with Crippen LogP contribution in [0, 0.1) is 13.8 Å². The Morgan fingerprint density at radius 1 is 1.23 bits per heavy atom. The van der Waals surface area contributed by atoms with Crippen molar-refractivity contribution in [2.24, 2.45) is 0 Å². The van der Waals surface area contributed by atoms with E-state index < -0.39 is 0 Å². The third kappa shape index (κ3) is 1.72. The van der Waals surface area contributed by atoms with E-state index in [-0.39, 0.29) is 5.78 Å². The summed E-state index contributed by atoms with van der Waals surface area (Å²) < 4.78 is 5.20. The van der Waals surface area contributed by atoms with E-state index in [1.807, 2.05) is 26.0 Å². The molecule has 1 aromatic rings. The molecule has 1 aromatic carbocycles. The van der Waals surface area contributed by atoms with Crippen LogP contribution in [0.1, 0.15) is 28.4 Å². The Morgan fingerprint density at radius 3 is 2.15 bits per heavy atom. The molecule has 13 heavy (non-hydrogen) atoms. The molecule has 0 saturated carbocycles. The zero-order chi connectivity index (χ0) is 10.0. The van der Waals surface area contributed by atoms with Crippen LogP contribution >= 0.6 is 0 Å². The summed E-state index contributed by atoms with van der Waals surface area (Å²) in [5.41, 5.74) is 2.66. The van der Waals surface area contributed by atoms with Gasteiger partial charge in [-0.05, 0) is 31.9 Å². The number of Topliss-reactive ketones (excluding diaryl/α,β-unsaturated/α-hetero) is 1. The summed E-state index contributed by atoms with van der Waals surface area (Å²) in [6, 6.07) is 3.90.